The van der Waals surface area contributed by atoms with Crippen molar-refractivity contribution < 1.29 is 24.2 Å². The number of hydrogen-bond acceptors (Lipinski definition) is 7. The number of rotatable bonds is 4. The van der Waals surface area contributed by atoms with Crippen LogP contribution >= 0.6 is 0 Å². The van der Waals surface area contributed by atoms with E-state index in [1.54, 1.807) is 24.5 Å². The molecule has 8 nitrogen and oxygen atoms in total. The van der Waals surface area contributed by atoms with E-state index in [1.807, 2.05) is 24.3 Å². The Morgan fingerprint density at radius 1 is 1.25 bits per heavy atom. The molecule has 0 aliphatic carbocycles. The van der Waals surface area contributed by atoms with Crippen molar-refractivity contribution >= 4 is 22.8 Å². The summed E-state index contributed by atoms with van der Waals surface area (Å²) in [4.78, 5) is 42.3. The topological polar surface area (TPSA) is 108 Å². The molecule has 0 fully saturated rings. The standard InChI is InChI=1S/C24H22N2O6/c1-3-20(27)31-11-15-13-7-5-6-8-18(13)25-21-14(15)10-26-19(21)9-17-16(22(26)28)12-32-23(29)24(17,30)4-2/h5-9,30H,3-4,10-12H2,1-2H3/t24-/m0/s1. The van der Waals surface area contributed by atoms with Crippen LogP contribution in [-0.4, -0.2) is 26.6 Å². The Morgan fingerprint density at radius 3 is 2.78 bits per heavy atom. The molecule has 0 saturated carbocycles. The summed E-state index contributed by atoms with van der Waals surface area (Å²) in [6.45, 7) is 3.55. The van der Waals surface area contributed by atoms with Gasteiger partial charge in [-0.15, -0.1) is 0 Å². The number of ether oxygens (including phenoxy) is 2. The second-order valence-electron chi connectivity index (χ2n) is 8.05. The van der Waals surface area contributed by atoms with Gasteiger partial charge in [-0.05, 0) is 18.6 Å². The van der Waals surface area contributed by atoms with Gasteiger partial charge in [-0.3, -0.25) is 9.59 Å². The van der Waals surface area contributed by atoms with Crippen molar-refractivity contribution in [3.8, 4) is 11.4 Å². The summed E-state index contributed by atoms with van der Waals surface area (Å²) in [6, 6.07) is 9.20. The fourth-order valence-corrected chi connectivity index (χ4v) is 4.53. The molecule has 0 spiro atoms. The Kier molecular flexibility index (Phi) is 4.63. The lowest BCUT2D eigenvalue weighted by molar-refractivity contribution is -0.172. The number of benzene rings is 1. The molecule has 0 unspecified atom stereocenters. The molecule has 4 heterocycles. The maximum Gasteiger partial charge on any atom is 0.343 e. The van der Waals surface area contributed by atoms with Gasteiger partial charge >= 0.3 is 11.9 Å². The van der Waals surface area contributed by atoms with E-state index in [-0.39, 0.29) is 55.3 Å². The number of nitrogens with zero attached hydrogens (tertiary/aromatic N) is 2. The zero-order valence-corrected chi connectivity index (χ0v) is 17.8. The van der Waals surface area contributed by atoms with E-state index in [2.05, 4.69) is 0 Å². The fourth-order valence-electron chi connectivity index (χ4n) is 4.53. The first-order valence-electron chi connectivity index (χ1n) is 10.6. The number of aliphatic hydroxyl groups is 1. The van der Waals surface area contributed by atoms with E-state index in [1.165, 1.54) is 0 Å². The smallest absolute Gasteiger partial charge is 0.343 e. The molecule has 0 radical (unpaired) electrons. The summed E-state index contributed by atoms with van der Waals surface area (Å²) in [5.74, 6) is -1.07. The van der Waals surface area contributed by atoms with Crippen LogP contribution in [0, 0.1) is 0 Å². The van der Waals surface area contributed by atoms with Gasteiger partial charge in [0.05, 0.1) is 29.0 Å². The van der Waals surface area contributed by atoms with Crippen LogP contribution in [0.2, 0.25) is 0 Å². The molecule has 0 amide bonds. The molecule has 1 N–H and O–H groups in total. The van der Waals surface area contributed by atoms with Gasteiger partial charge in [0, 0.05) is 28.5 Å². The molecule has 0 saturated heterocycles. The maximum absolute atomic E-state index is 13.3. The van der Waals surface area contributed by atoms with Crippen molar-refractivity contribution in [3.63, 3.8) is 0 Å². The highest BCUT2D eigenvalue weighted by Gasteiger charge is 2.45. The van der Waals surface area contributed by atoms with Gasteiger partial charge < -0.3 is 19.1 Å². The van der Waals surface area contributed by atoms with Crippen molar-refractivity contribution in [2.45, 2.75) is 52.0 Å². The Hall–Kier alpha value is -3.52. The van der Waals surface area contributed by atoms with Crippen LogP contribution in [0.25, 0.3) is 22.3 Å². The molecule has 0 bridgehead atoms. The van der Waals surface area contributed by atoms with Gasteiger partial charge in [0.1, 0.15) is 13.2 Å². The third kappa shape index (κ3) is 2.79. The van der Waals surface area contributed by atoms with Gasteiger partial charge in [-0.25, -0.2) is 9.78 Å². The highest BCUT2D eigenvalue weighted by Crippen LogP contribution is 2.40. The number of hydrogen-bond donors (Lipinski definition) is 1. The van der Waals surface area contributed by atoms with Gasteiger partial charge in [-0.2, -0.15) is 0 Å². The second-order valence-corrected chi connectivity index (χ2v) is 8.05. The molecule has 1 atom stereocenters. The SMILES string of the molecule is CCC(=O)OCc1c2c(nc3ccccc13)-c1cc3c(c(=O)n1C2)COC(=O)[C@]3(O)CC. The van der Waals surface area contributed by atoms with Crippen LogP contribution in [0.3, 0.4) is 0 Å². The number of pyridine rings is 2. The van der Waals surface area contributed by atoms with Crippen LogP contribution in [0.4, 0.5) is 0 Å². The van der Waals surface area contributed by atoms with Crippen molar-refractivity contribution in [2.24, 2.45) is 0 Å². The van der Waals surface area contributed by atoms with Gasteiger partial charge in [0.2, 0.25) is 0 Å². The van der Waals surface area contributed by atoms with Crippen LogP contribution in [-0.2, 0) is 44.4 Å². The van der Waals surface area contributed by atoms with Gasteiger partial charge in [0.25, 0.3) is 5.56 Å². The number of carbonyl (C=O) groups is 2. The number of carbonyl (C=O) groups excluding carboxylic acids is 2. The lowest BCUT2D eigenvalue weighted by atomic mass is 9.86. The zero-order chi connectivity index (χ0) is 22.6. The molecule has 2 aliphatic heterocycles. The average molecular weight is 434 g/mol. The lowest BCUT2D eigenvalue weighted by Crippen LogP contribution is -2.44. The Labute approximate surface area is 183 Å². The monoisotopic (exact) mass is 434 g/mol. The summed E-state index contributed by atoms with van der Waals surface area (Å²) in [5, 5.41) is 11.9. The minimum atomic E-state index is -1.87. The van der Waals surface area contributed by atoms with Gasteiger partial charge in [-0.1, -0.05) is 32.0 Å². The van der Waals surface area contributed by atoms with E-state index in [0.29, 0.717) is 16.9 Å². The van der Waals surface area contributed by atoms with Crippen LogP contribution < -0.4 is 5.56 Å². The highest BCUT2D eigenvalue weighted by molar-refractivity contribution is 5.89. The number of fused-ring (bicyclic) bond motifs is 5. The normalized spacial score (nSPS) is 18.7. The maximum atomic E-state index is 13.3. The summed E-state index contributed by atoms with van der Waals surface area (Å²) in [7, 11) is 0. The molecule has 3 aromatic rings. The average Bonchev–Trinajstić information content (AvgIpc) is 3.18. The van der Waals surface area contributed by atoms with E-state index in [9.17, 15) is 19.5 Å². The Balaban J connectivity index is 1.75. The summed E-state index contributed by atoms with van der Waals surface area (Å²) < 4.78 is 12.1. The summed E-state index contributed by atoms with van der Waals surface area (Å²) >= 11 is 0. The number of cyclic esters (lactones) is 1. The number of para-hydroxylation sites is 1. The minimum absolute atomic E-state index is 0.0704. The number of aromatic nitrogens is 2. The van der Waals surface area contributed by atoms with Crippen molar-refractivity contribution in [3.05, 3.63) is 62.9 Å². The third-order valence-corrected chi connectivity index (χ3v) is 6.38. The molecule has 2 aliphatic rings. The molecular weight excluding hydrogens is 412 g/mol. The first-order chi connectivity index (χ1) is 15.4. The lowest BCUT2D eigenvalue weighted by Gasteiger charge is -2.31. The van der Waals surface area contributed by atoms with Crippen LogP contribution in [0.15, 0.2) is 35.1 Å². The zero-order valence-electron chi connectivity index (χ0n) is 17.8. The quantitative estimate of drug-likeness (QED) is 0.492. The number of esters is 2. The van der Waals surface area contributed by atoms with Crippen molar-refractivity contribution in [1.29, 1.82) is 0 Å². The highest BCUT2D eigenvalue weighted by atomic mass is 16.6. The summed E-state index contributed by atoms with van der Waals surface area (Å²) in [6.07, 6.45) is 0.346. The van der Waals surface area contributed by atoms with E-state index in [0.717, 1.165) is 16.5 Å². The predicted molar refractivity (Wildman–Crippen MR) is 115 cm³/mol. The van der Waals surface area contributed by atoms with Crippen molar-refractivity contribution in [2.75, 3.05) is 0 Å². The molecule has 2 aromatic heterocycles. The van der Waals surface area contributed by atoms with Crippen LogP contribution in [0.1, 0.15) is 48.9 Å². The van der Waals surface area contributed by atoms with Gasteiger partial charge in [0.15, 0.2) is 5.60 Å². The van der Waals surface area contributed by atoms with E-state index >= 15 is 0 Å². The Bertz CT molecular complexity index is 1360. The molecule has 32 heavy (non-hydrogen) atoms. The molecular formula is C24H22N2O6. The van der Waals surface area contributed by atoms with Crippen molar-refractivity contribution in [1.82, 2.24) is 9.55 Å². The molecule has 5 rings (SSSR count). The first kappa shape index (κ1) is 20.4. The molecule has 8 heteroatoms. The largest absolute Gasteiger partial charge is 0.461 e. The summed E-state index contributed by atoms with van der Waals surface area (Å²) in [5.41, 5.74) is 1.76. The molecule has 1 aromatic carbocycles. The Morgan fingerprint density at radius 2 is 2.03 bits per heavy atom. The van der Waals surface area contributed by atoms with E-state index < -0.39 is 11.6 Å². The van der Waals surface area contributed by atoms with Crippen LogP contribution in [0.5, 0.6) is 0 Å². The second kappa shape index (κ2) is 7.27. The predicted octanol–water partition coefficient (Wildman–Crippen LogP) is 2.53. The fraction of sp³-hybridized carbons (Fsp3) is 0.333. The molecule has 164 valence electrons. The van der Waals surface area contributed by atoms with E-state index in [4.69, 9.17) is 14.5 Å². The third-order valence-electron chi connectivity index (χ3n) is 6.38. The first-order valence-corrected chi connectivity index (χ1v) is 10.6. The minimum Gasteiger partial charge on any atom is -0.461 e.